The van der Waals surface area contributed by atoms with Crippen LogP contribution in [0.5, 0.6) is 0 Å². The van der Waals surface area contributed by atoms with Crippen LogP contribution in [0.4, 0.5) is 4.79 Å². The third kappa shape index (κ3) is 7.99. The number of hydrogen-bond donors (Lipinski definition) is 2. The minimum atomic E-state index is -0.568. The Balaban J connectivity index is 1.21. The average Bonchev–Trinajstić information content (AvgIpc) is 3.45. The summed E-state index contributed by atoms with van der Waals surface area (Å²) in [6.45, 7) is 3.51. The predicted molar refractivity (Wildman–Crippen MR) is 165 cm³/mol. The summed E-state index contributed by atoms with van der Waals surface area (Å²) in [6.07, 6.45) is 9.72. The highest BCUT2D eigenvalue weighted by atomic mass is 79.9. The first-order valence-corrected chi connectivity index (χ1v) is 15.6. The molecular weight excluding hydrogens is 594 g/mol. The second-order valence-corrected chi connectivity index (χ2v) is 12.1. The second kappa shape index (κ2) is 14.5. The molecule has 5 rings (SSSR count). The van der Waals surface area contributed by atoms with Crippen LogP contribution in [0.25, 0.3) is 0 Å². The number of rotatable bonds is 9. The maximum atomic E-state index is 13.6. The molecule has 0 bridgehead atoms. The van der Waals surface area contributed by atoms with E-state index in [1.807, 2.05) is 42.6 Å². The van der Waals surface area contributed by atoms with Crippen LogP contribution in [0.2, 0.25) is 0 Å². The zero-order valence-corrected chi connectivity index (χ0v) is 25.4. The van der Waals surface area contributed by atoms with Crippen molar-refractivity contribution in [2.45, 2.75) is 63.7 Å². The standard InChI is InChI=1S/C32H38BrN7O2/c33-27-12-10-25(11-13-27)20-38-16-17-40(32(42)37-28-4-2-1-3-5-28)30(22-38)31(41)36-15-14-29-19-35-23-39(29)21-26-8-6-24(18-34)7-9-26/h6-13,19,23,28,30H,1-5,14-17,20-22H2,(H,36,41)(H,37,42)/t30-/m1/s1. The summed E-state index contributed by atoms with van der Waals surface area (Å²) < 4.78 is 3.09. The maximum Gasteiger partial charge on any atom is 0.318 e. The first-order chi connectivity index (χ1) is 20.5. The third-order valence-corrected chi connectivity index (χ3v) is 8.72. The van der Waals surface area contributed by atoms with Crippen molar-refractivity contribution >= 4 is 27.9 Å². The smallest absolute Gasteiger partial charge is 0.318 e. The van der Waals surface area contributed by atoms with Gasteiger partial charge in [-0.2, -0.15) is 5.26 Å². The molecule has 3 amide bonds. The molecule has 1 aromatic heterocycles. The lowest BCUT2D eigenvalue weighted by Gasteiger charge is -2.41. The van der Waals surface area contributed by atoms with Gasteiger partial charge in [0.25, 0.3) is 0 Å². The molecule has 2 N–H and O–H groups in total. The average molecular weight is 633 g/mol. The highest BCUT2D eigenvalue weighted by Crippen LogP contribution is 2.20. The van der Waals surface area contributed by atoms with E-state index >= 15 is 0 Å². The van der Waals surface area contributed by atoms with Gasteiger partial charge in [0, 0.05) is 68.1 Å². The van der Waals surface area contributed by atoms with E-state index in [1.165, 1.54) is 12.0 Å². The van der Waals surface area contributed by atoms with E-state index in [9.17, 15) is 9.59 Å². The van der Waals surface area contributed by atoms with Crippen molar-refractivity contribution in [2.75, 3.05) is 26.2 Å². The highest BCUT2D eigenvalue weighted by molar-refractivity contribution is 9.10. The largest absolute Gasteiger partial charge is 0.354 e. The molecule has 2 fully saturated rings. The number of carbonyl (C=O) groups excluding carboxylic acids is 2. The Kier molecular flexibility index (Phi) is 10.3. The number of benzene rings is 2. The van der Waals surface area contributed by atoms with E-state index in [4.69, 9.17) is 5.26 Å². The van der Waals surface area contributed by atoms with Gasteiger partial charge in [0.2, 0.25) is 5.91 Å². The molecule has 10 heteroatoms. The summed E-state index contributed by atoms with van der Waals surface area (Å²) >= 11 is 3.49. The summed E-state index contributed by atoms with van der Waals surface area (Å²) in [5.74, 6) is -0.132. The van der Waals surface area contributed by atoms with Gasteiger partial charge in [0.1, 0.15) is 6.04 Å². The zero-order valence-electron chi connectivity index (χ0n) is 23.8. The Morgan fingerprint density at radius 1 is 0.976 bits per heavy atom. The Labute approximate surface area is 256 Å². The van der Waals surface area contributed by atoms with Crippen molar-refractivity contribution in [1.29, 1.82) is 5.26 Å². The fourth-order valence-corrected chi connectivity index (χ4v) is 6.08. The number of hydrogen-bond acceptors (Lipinski definition) is 5. The van der Waals surface area contributed by atoms with Crippen LogP contribution in [-0.4, -0.2) is 69.6 Å². The molecule has 2 aliphatic rings. The number of aromatic nitrogens is 2. The number of urea groups is 1. The van der Waals surface area contributed by atoms with Crippen LogP contribution in [0.3, 0.4) is 0 Å². The molecule has 1 aliphatic heterocycles. The van der Waals surface area contributed by atoms with Gasteiger partial charge in [0.05, 0.1) is 18.0 Å². The highest BCUT2D eigenvalue weighted by Gasteiger charge is 2.36. The number of piperazine rings is 1. The molecule has 2 aromatic carbocycles. The fourth-order valence-electron chi connectivity index (χ4n) is 5.81. The molecule has 42 heavy (non-hydrogen) atoms. The molecule has 0 spiro atoms. The van der Waals surface area contributed by atoms with E-state index in [-0.39, 0.29) is 18.0 Å². The van der Waals surface area contributed by atoms with Crippen molar-refractivity contribution < 1.29 is 9.59 Å². The molecule has 9 nitrogen and oxygen atoms in total. The van der Waals surface area contributed by atoms with Crippen molar-refractivity contribution in [1.82, 2.24) is 30.0 Å². The predicted octanol–water partition coefficient (Wildman–Crippen LogP) is 4.45. The van der Waals surface area contributed by atoms with Crippen LogP contribution in [0.15, 0.2) is 65.5 Å². The maximum absolute atomic E-state index is 13.6. The lowest BCUT2D eigenvalue weighted by molar-refractivity contribution is -0.127. The van der Waals surface area contributed by atoms with Gasteiger partial charge < -0.3 is 20.1 Å². The number of carbonyl (C=O) groups is 2. The molecule has 3 aromatic rings. The Bertz CT molecular complexity index is 1380. The fraction of sp³-hybridized carbons (Fsp3) is 0.438. The Morgan fingerprint density at radius 2 is 1.69 bits per heavy atom. The number of nitriles is 1. The summed E-state index contributed by atoms with van der Waals surface area (Å²) in [7, 11) is 0. The first kappa shape index (κ1) is 29.8. The molecule has 1 atom stereocenters. The monoisotopic (exact) mass is 631 g/mol. The molecule has 1 saturated heterocycles. The molecule has 1 aliphatic carbocycles. The number of amides is 3. The van der Waals surface area contributed by atoms with Gasteiger partial charge in [-0.25, -0.2) is 9.78 Å². The second-order valence-electron chi connectivity index (χ2n) is 11.2. The van der Waals surface area contributed by atoms with Gasteiger partial charge in [0.15, 0.2) is 0 Å². The normalized spacial score (nSPS) is 17.9. The number of imidazole rings is 1. The molecule has 1 saturated carbocycles. The van der Waals surface area contributed by atoms with Crippen molar-refractivity contribution in [3.63, 3.8) is 0 Å². The molecule has 0 unspecified atom stereocenters. The SMILES string of the molecule is N#Cc1ccc(Cn2cncc2CCNC(=O)[C@H]2CN(Cc3ccc(Br)cc3)CCN2C(=O)NC2CCCCC2)cc1. The van der Waals surface area contributed by atoms with Crippen molar-refractivity contribution in [3.05, 3.63) is 87.9 Å². The van der Waals surface area contributed by atoms with E-state index < -0.39 is 6.04 Å². The van der Waals surface area contributed by atoms with Gasteiger partial charge >= 0.3 is 6.03 Å². The number of nitrogens with zero attached hydrogens (tertiary/aromatic N) is 5. The molecular formula is C32H38BrN7O2. The number of nitrogens with one attached hydrogen (secondary N) is 2. The summed E-state index contributed by atoms with van der Waals surface area (Å²) in [5.41, 5.74) is 3.89. The third-order valence-electron chi connectivity index (χ3n) is 8.20. The van der Waals surface area contributed by atoms with E-state index in [2.05, 4.69) is 59.2 Å². The Hall–Kier alpha value is -3.68. The number of halogens is 1. The molecule has 2 heterocycles. The first-order valence-electron chi connectivity index (χ1n) is 14.8. The lowest BCUT2D eigenvalue weighted by Crippen LogP contribution is -2.63. The molecule has 0 radical (unpaired) electrons. The van der Waals surface area contributed by atoms with Crippen LogP contribution < -0.4 is 10.6 Å². The lowest BCUT2D eigenvalue weighted by atomic mass is 9.95. The van der Waals surface area contributed by atoms with E-state index in [0.717, 1.165) is 48.0 Å². The van der Waals surface area contributed by atoms with Crippen LogP contribution >= 0.6 is 15.9 Å². The Morgan fingerprint density at radius 3 is 2.43 bits per heavy atom. The van der Waals surface area contributed by atoms with Gasteiger partial charge in [-0.1, -0.05) is 59.5 Å². The quantitative estimate of drug-likeness (QED) is 0.363. The van der Waals surface area contributed by atoms with E-state index in [0.29, 0.717) is 44.7 Å². The summed E-state index contributed by atoms with van der Waals surface area (Å²) in [5, 5.41) is 15.4. The minimum absolute atomic E-state index is 0.132. The van der Waals surface area contributed by atoms with Gasteiger partial charge in [-0.3, -0.25) is 9.69 Å². The molecule has 220 valence electrons. The topological polar surface area (TPSA) is 106 Å². The van der Waals surface area contributed by atoms with E-state index in [1.54, 1.807) is 11.2 Å². The summed E-state index contributed by atoms with van der Waals surface area (Å²) in [4.78, 5) is 35.3. The zero-order chi connectivity index (χ0) is 29.3. The van der Waals surface area contributed by atoms with Crippen molar-refractivity contribution in [2.24, 2.45) is 0 Å². The van der Waals surface area contributed by atoms with Gasteiger partial charge in [-0.05, 0) is 48.2 Å². The summed E-state index contributed by atoms with van der Waals surface area (Å²) in [6, 6.07) is 17.4. The minimum Gasteiger partial charge on any atom is -0.354 e. The van der Waals surface area contributed by atoms with Crippen LogP contribution in [0.1, 0.15) is 54.5 Å². The van der Waals surface area contributed by atoms with Crippen LogP contribution in [0, 0.1) is 11.3 Å². The van der Waals surface area contributed by atoms with Crippen LogP contribution in [-0.2, 0) is 24.3 Å². The van der Waals surface area contributed by atoms with Crippen molar-refractivity contribution in [3.8, 4) is 6.07 Å². The van der Waals surface area contributed by atoms with Gasteiger partial charge in [-0.15, -0.1) is 0 Å².